The summed E-state index contributed by atoms with van der Waals surface area (Å²) in [6, 6.07) is 8.18. The van der Waals surface area contributed by atoms with E-state index in [2.05, 4.69) is 29.3 Å². The summed E-state index contributed by atoms with van der Waals surface area (Å²) in [5.41, 5.74) is 15.2. The van der Waals surface area contributed by atoms with E-state index in [1.807, 2.05) is 18.2 Å². The topological polar surface area (TPSA) is 67.3 Å². The summed E-state index contributed by atoms with van der Waals surface area (Å²) >= 11 is 0. The maximum absolute atomic E-state index is 6.18. The number of nitrogens with zero attached hydrogens (tertiary/aromatic N) is 1. The molecule has 0 unspecified atom stereocenters. The number of benzene rings is 1. The average molecular weight is 258 g/mol. The van der Waals surface area contributed by atoms with Gasteiger partial charge in [0.2, 0.25) is 0 Å². The lowest BCUT2D eigenvalue weighted by atomic mass is 10.0. The van der Waals surface area contributed by atoms with Crippen LogP contribution in [0.3, 0.4) is 0 Å². The van der Waals surface area contributed by atoms with Crippen molar-refractivity contribution in [2.45, 2.75) is 6.92 Å². The van der Waals surface area contributed by atoms with Crippen LogP contribution in [-0.2, 0) is 0 Å². The van der Waals surface area contributed by atoms with Gasteiger partial charge in [-0.25, -0.2) is 0 Å². The molecule has 0 aromatic heterocycles. The number of nitrogens with two attached hydrogens (primary N) is 2. The van der Waals surface area contributed by atoms with Gasteiger partial charge in [0, 0.05) is 38.0 Å². The Morgan fingerprint density at radius 3 is 2.58 bits per heavy atom. The van der Waals surface area contributed by atoms with Crippen LogP contribution in [0.15, 0.2) is 42.4 Å². The van der Waals surface area contributed by atoms with Crippen LogP contribution in [0.2, 0.25) is 0 Å². The molecule has 1 fully saturated rings. The van der Waals surface area contributed by atoms with Crippen molar-refractivity contribution in [1.29, 1.82) is 0 Å². The summed E-state index contributed by atoms with van der Waals surface area (Å²) in [4.78, 5) is 2.18. The molecular weight excluding hydrogens is 236 g/mol. The van der Waals surface area contributed by atoms with E-state index in [0.29, 0.717) is 0 Å². The average Bonchev–Trinajstić information content (AvgIpc) is 2.46. The first-order chi connectivity index (χ1) is 9.22. The molecule has 102 valence electrons. The minimum Gasteiger partial charge on any atom is -0.404 e. The van der Waals surface area contributed by atoms with Gasteiger partial charge < -0.3 is 21.7 Å². The summed E-state index contributed by atoms with van der Waals surface area (Å²) in [5.74, 6) is 0.779. The number of rotatable bonds is 3. The Kier molecular flexibility index (Phi) is 4.47. The smallest absolute Gasteiger partial charge is 0.0994 e. The molecule has 0 spiro atoms. The quantitative estimate of drug-likeness (QED) is 0.708. The molecule has 19 heavy (non-hydrogen) atoms. The third-order valence-corrected chi connectivity index (χ3v) is 3.42. The molecule has 4 nitrogen and oxygen atoms in total. The molecule has 0 atom stereocenters. The molecule has 1 saturated heterocycles. The van der Waals surface area contributed by atoms with Crippen molar-refractivity contribution in [3.8, 4) is 0 Å². The number of allylic oxidation sites excluding steroid dienone is 2. The molecule has 0 bridgehead atoms. The Bertz CT molecular complexity index is 485. The normalized spacial score (nSPS) is 17.6. The fourth-order valence-corrected chi connectivity index (χ4v) is 2.29. The van der Waals surface area contributed by atoms with Gasteiger partial charge in [-0.1, -0.05) is 24.3 Å². The molecule has 0 amide bonds. The van der Waals surface area contributed by atoms with Gasteiger partial charge in [-0.15, -0.1) is 0 Å². The molecule has 0 saturated carbocycles. The van der Waals surface area contributed by atoms with Gasteiger partial charge in [0.1, 0.15) is 0 Å². The molecule has 4 heteroatoms. The van der Waals surface area contributed by atoms with E-state index in [9.17, 15) is 0 Å². The van der Waals surface area contributed by atoms with E-state index in [-0.39, 0.29) is 0 Å². The van der Waals surface area contributed by atoms with E-state index in [1.165, 1.54) is 5.56 Å². The van der Waals surface area contributed by atoms with Crippen LogP contribution < -0.4 is 16.8 Å². The first kappa shape index (κ1) is 13.5. The van der Waals surface area contributed by atoms with Crippen molar-refractivity contribution in [3.63, 3.8) is 0 Å². The summed E-state index contributed by atoms with van der Waals surface area (Å²) < 4.78 is 0. The number of hydrogen-bond donors (Lipinski definition) is 3. The minimum absolute atomic E-state index is 0.779. The second-order valence-electron chi connectivity index (χ2n) is 4.74. The van der Waals surface area contributed by atoms with Crippen LogP contribution in [0.4, 0.5) is 0 Å². The highest BCUT2D eigenvalue weighted by atomic mass is 15.2. The molecule has 0 radical (unpaired) electrons. The van der Waals surface area contributed by atoms with Crippen molar-refractivity contribution < 1.29 is 0 Å². The second-order valence-corrected chi connectivity index (χ2v) is 4.74. The SMILES string of the molecule is Cc1ccccc1C(=C/N)/C=C(\N)N1CCNCC1. The third kappa shape index (κ3) is 3.29. The first-order valence-corrected chi connectivity index (χ1v) is 6.63. The highest BCUT2D eigenvalue weighted by Crippen LogP contribution is 2.20. The second kappa shape index (κ2) is 6.29. The zero-order valence-corrected chi connectivity index (χ0v) is 11.4. The van der Waals surface area contributed by atoms with Gasteiger partial charge in [0.05, 0.1) is 5.82 Å². The maximum atomic E-state index is 6.18. The predicted molar refractivity (Wildman–Crippen MR) is 80.1 cm³/mol. The molecule has 2 rings (SSSR count). The molecule has 1 aliphatic rings. The lowest BCUT2D eigenvalue weighted by molar-refractivity contribution is 0.296. The Balaban J connectivity index is 2.21. The van der Waals surface area contributed by atoms with Gasteiger partial charge in [0.25, 0.3) is 0 Å². The fraction of sp³-hybridized carbons (Fsp3) is 0.333. The van der Waals surface area contributed by atoms with E-state index >= 15 is 0 Å². The summed E-state index contributed by atoms with van der Waals surface area (Å²) in [7, 11) is 0. The Morgan fingerprint density at radius 1 is 1.26 bits per heavy atom. The van der Waals surface area contributed by atoms with Gasteiger partial charge in [0.15, 0.2) is 0 Å². The first-order valence-electron chi connectivity index (χ1n) is 6.63. The van der Waals surface area contributed by atoms with E-state index < -0.39 is 0 Å². The fourth-order valence-electron chi connectivity index (χ4n) is 2.29. The van der Waals surface area contributed by atoms with Crippen LogP contribution in [0.25, 0.3) is 5.57 Å². The summed E-state index contributed by atoms with van der Waals surface area (Å²) in [6.45, 7) is 5.90. The Hall–Kier alpha value is -1.94. The standard InChI is InChI=1S/C15H22N4/c1-12-4-2-3-5-14(12)13(11-16)10-15(17)19-8-6-18-7-9-19/h2-5,10-11,18H,6-9,16-17H2,1H3/b13-11+,15-10+. The zero-order valence-electron chi connectivity index (χ0n) is 11.4. The molecule has 1 heterocycles. The van der Waals surface area contributed by atoms with Gasteiger partial charge in [-0.3, -0.25) is 0 Å². The Morgan fingerprint density at radius 2 is 1.95 bits per heavy atom. The summed E-state index contributed by atoms with van der Waals surface area (Å²) in [6.07, 6.45) is 3.59. The highest BCUT2D eigenvalue weighted by Gasteiger charge is 2.11. The van der Waals surface area contributed by atoms with Gasteiger partial charge >= 0.3 is 0 Å². The lowest BCUT2D eigenvalue weighted by Gasteiger charge is -2.29. The monoisotopic (exact) mass is 258 g/mol. The van der Waals surface area contributed by atoms with Crippen LogP contribution in [0.1, 0.15) is 11.1 Å². The molecule has 1 aromatic carbocycles. The molecule has 1 aliphatic heterocycles. The molecule has 0 aliphatic carbocycles. The van der Waals surface area contributed by atoms with Crippen molar-refractivity contribution in [2.75, 3.05) is 26.2 Å². The molecular formula is C15H22N4. The van der Waals surface area contributed by atoms with E-state index in [4.69, 9.17) is 11.5 Å². The van der Waals surface area contributed by atoms with Gasteiger partial charge in [-0.2, -0.15) is 0 Å². The molecule has 1 aromatic rings. The van der Waals surface area contributed by atoms with Crippen LogP contribution >= 0.6 is 0 Å². The van der Waals surface area contributed by atoms with Crippen LogP contribution in [-0.4, -0.2) is 31.1 Å². The number of piperazine rings is 1. The van der Waals surface area contributed by atoms with Crippen LogP contribution in [0.5, 0.6) is 0 Å². The van der Waals surface area contributed by atoms with Crippen molar-refractivity contribution in [3.05, 3.63) is 53.5 Å². The summed E-state index contributed by atoms with van der Waals surface area (Å²) in [5, 5.41) is 3.31. The number of nitrogens with one attached hydrogen (secondary N) is 1. The molecule has 5 N–H and O–H groups in total. The van der Waals surface area contributed by atoms with E-state index in [0.717, 1.165) is 43.1 Å². The Labute approximate surface area is 114 Å². The third-order valence-electron chi connectivity index (χ3n) is 3.42. The number of hydrogen-bond acceptors (Lipinski definition) is 4. The van der Waals surface area contributed by atoms with Crippen molar-refractivity contribution in [1.82, 2.24) is 10.2 Å². The lowest BCUT2D eigenvalue weighted by Crippen LogP contribution is -2.44. The number of aryl methyl sites for hydroxylation is 1. The van der Waals surface area contributed by atoms with E-state index in [1.54, 1.807) is 6.20 Å². The van der Waals surface area contributed by atoms with Crippen molar-refractivity contribution in [2.24, 2.45) is 11.5 Å². The zero-order chi connectivity index (χ0) is 13.7. The predicted octanol–water partition coefficient (Wildman–Crippen LogP) is 1.000. The highest BCUT2D eigenvalue weighted by molar-refractivity contribution is 5.75. The minimum atomic E-state index is 0.779. The maximum Gasteiger partial charge on any atom is 0.0994 e. The largest absolute Gasteiger partial charge is 0.404 e. The van der Waals surface area contributed by atoms with Crippen LogP contribution in [0, 0.1) is 6.92 Å². The van der Waals surface area contributed by atoms with Gasteiger partial charge in [-0.05, 0) is 24.1 Å². The van der Waals surface area contributed by atoms with Crippen molar-refractivity contribution >= 4 is 5.57 Å².